The van der Waals surface area contributed by atoms with Crippen molar-refractivity contribution in [2.45, 2.75) is 12.8 Å². The molecule has 1 aliphatic heterocycles. The standard InChI is InChI=1S/C14H18N2O3/c17-10-16-7-5-11(6-8-16)9-15-14(19)12-1-3-13(18)4-2-12/h1-4,10-11,18H,5-9H2,(H,15,19). The molecule has 1 saturated heterocycles. The van der Waals surface area contributed by atoms with E-state index in [2.05, 4.69) is 5.32 Å². The molecule has 0 saturated carbocycles. The number of piperidine rings is 1. The summed E-state index contributed by atoms with van der Waals surface area (Å²) in [5.74, 6) is 0.452. The van der Waals surface area contributed by atoms with E-state index >= 15 is 0 Å². The highest BCUT2D eigenvalue weighted by molar-refractivity contribution is 5.94. The van der Waals surface area contributed by atoms with Crippen LogP contribution in [0.4, 0.5) is 0 Å². The summed E-state index contributed by atoms with van der Waals surface area (Å²) in [7, 11) is 0. The lowest BCUT2D eigenvalue weighted by Gasteiger charge is -2.29. The van der Waals surface area contributed by atoms with Crippen LogP contribution in [0.2, 0.25) is 0 Å². The molecular weight excluding hydrogens is 244 g/mol. The third-order valence-corrected chi connectivity index (χ3v) is 3.48. The molecule has 1 heterocycles. The highest BCUT2D eigenvalue weighted by atomic mass is 16.3. The first-order valence-corrected chi connectivity index (χ1v) is 6.45. The van der Waals surface area contributed by atoms with E-state index in [-0.39, 0.29) is 11.7 Å². The summed E-state index contributed by atoms with van der Waals surface area (Å²) in [6.07, 6.45) is 2.73. The lowest BCUT2D eigenvalue weighted by atomic mass is 9.97. The Kier molecular flexibility index (Phi) is 4.39. The highest BCUT2D eigenvalue weighted by Gasteiger charge is 2.18. The minimum atomic E-state index is -0.127. The van der Waals surface area contributed by atoms with Crippen LogP contribution >= 0.6 is 0 Å². The number of nitrogens with one attached hydrogen (secondary N) is 1. The van der Waals surface area contributed by atoms with E-state index in [0.29, 0.717) is 18.0 Å². The molecule has 1 fully saturated rings. The SMILES string of the molecule is O=CN1CCC(CNC(=O)c2ccc(O)cc2)CC1. The third kappa shape index (κ3) is 3.71. The van der Waals surface area contributed by atoms with E-state index in [9.17, 15) is 9.59 Å². The molecule has 0 aromatic heterocycles. The number of hydrogen-bond acceptors (Lipinski definition) is 3. The zero-order valence-electron chi connectivity index (χ0n) is 10.7. The van der Waals surface area contributed by atoms with Gasteiger partial charge < -0.3 is 15.3 Å². The van der Waals surface area contributed by atoms with Crippen molar-refractivity contribution in [2.75, 3.05) is 19.6 Å². The molecule has 0 unspecified atom stereocenters. The van der Waals surface area contributed by atoms with Gasteiger partial charge in [-0.05, 0) is 43.0 Å². The molecule has 0 bridgehead atoms. The van der Waals surface area contributed by atoms with Crippen molar-refractivity contribution in [1.82, 2.24) is 10.2 Å². The summed E-state index contributed by atoms with van der Waals surface area (Å²) in [4.78, 5) is 24.2. The molecule has 0 aliphatic carbocycles. The van der Waals surface area contributed by atoms with Gasteiger partial charge in [-0.1, -0.05) is 0 Å². The third-order valence-electron chi connectivity index (χ3n) is 3.48. The number of phenolic OH excluding ortho intramolecular Hbond substituents is 1. The minimum absolute atomic E-state index is 0.127. The first-order chi connectivity index (χ1) is 9.19. The van der Waals surface area contributed by atoms with Gasteiger partial charge in [0.15, 0.2) is 0 Å². The van der Waals surface area contributed by atoms with Gasteiger partial charge in [0.2, 0.25) is 6.41 Å². The summed E-state index contributed by atoms with van der Waals surface area (Å²) in [5, 5.41) is 12.0. The zero-order valence-corrected chi connectivity index (χ0v) is 10.7. The number of nitrogens with zero attached hydrogens (tertiary/aromatic N) is 1. The number of benzene rings is 1. The van der Waals surface area contributed by atoms with Crippen molar-refractivity contribution < 1.29 is 14.7 Å². The monoisotopic (exact) mass is 262 g/mol. The van der Waals surface area contributed by atoms with Gasteiger partial charge in [0.05, 0.1) is 0 Å². The molecule has 19 heavy (non-hydrogen) atoms. The van der Waals surface area contributed by atoms with Gasteiger partial charge in [-0.3, -0.25) is 9.59 Å². The lowest BCUT2D eigenvalue weighted by molar-refractivity contribution is -0.119. The van der Waals surface area contributed by atoms with Gasteiger partial charge in [-0.2, -0.15) is 0 Å². The Morgan fingerprint density at radius 2 is 1.95 bits per heavy atom. The predicted octanol–water partition coefficient (Wildman–Crippen LogP) is 0.990. The van der Waals surface area contributed by atoms with Crippen LogP contribution in [0.15, 0.2) is 24.3 Å². The van der Waals surface area contributed by atoms with E-state index in [4.69, 9.17) is 5.11 Å². The number of carbonyl (C=O) groups is 2. The van der Waals surface area contributed by atoms with Crippen LogP contribution < -0.4 is 5.32 Å². The molecule has 1 aliphatic rings. The predicted molar refractivity (Wildman–Crippen MR) is 70.8 cm³/mol. The number of hydrogen-bond donors (Lipinski definition) is 2. The lowest BCUT2D eigenvalue weighted by Crippen LogP contribution is -2.38. The van der Waals surface area contributed by atoms with Crippen molar-refractivity contribution in [3.05, 3.63) is 29.8 Å². The Balaban J connectivity index is 1.78. The molecule has 0 spiro atoms. The summed E-state index contributed by atoms with van der Waals surface area (Å²) in [6, 6.07) is 6.19. The first kappa shape index (κ1) is 13.4. The van der Waals surface area contributed by atoms with E-state index in [1.165, 1.54) is 12.1 Å². The van der Waals surface area contributed by atoms with Crippen molar-refractivity contribution in [3.8, 4) is 5.75 Å². The fraction of sp³-hybridized carbons (Fsp3) is 0.429. The first-order valence-electron chi connectivity index (χ1n) is 6.45. The Morgan fingerprint density at radius 1 is 1.32 bits per heavy atom. The molecule has 2 amide bonds. The van der Waals surface area contributed by atoms with Crippen LogP contribution in [-0.4, -0.2) is 42.0 Å². The molecule has 2 N–H and O–H groups in total. The topological polar surface area (TPSA) is 69.6 Å². The molecular formula is C14H18N2O3. The van der Waals surface area contributed by atoms with Crippen molar-refractivity contribution >= 4 is 12.3 Å². The summed E-state index contributed by atoms with van der Waals surface area (Å²) in [5.41, 5.74) is 0.545. The zero-order chi connectivity index (χ0) is 13.7. The number of phenols is 1. The van der Waals surface area contributed by atoms with Crippen LogP contribution in [0.1, 0.15) is 23.2 Å². The molecule has 1 aromatic carbocycles. The van der Waals surface area contributed by atoms with Gasteiger partial charge in [-0.15, -0.1) is 0 Å². The average molecular weight is 262 g/mol. The molecule has 0 radical (unpaired) electrons. The van der Waals surface area contributed by atoms with E-state index in [1.54, 1.807) is 17.0 Å². The van der Waals surface area contributed by atoms with Crippen LogP contribution in [0, 0.1) is 5.92 Å². The van der Waals surface area contributed by atoms with Gasteiger partial charge in [0.1, 0.15) is 5.75 Å². The normalized spacial score (nSPS) is 16.1. The van der Waals surface area contributed by atoms with Crippen LogP contribution in [0.5, 0.6) is 5.75 Å². The second kappa shape index (κ2) is 6.22. The van der Waals surface area contributed by atoms with Crippen LogP contribution in [-0.2, 0) is 4.79 Å². The molecule has 102 valence electrons. The fourth-order valence-electron chi connectivity index (χ4n) is 2.21. The molecule has 2 rings (SSSR count). The number of carbonyl (C=O) groups excluding carboxylic acids is 2. The van der Waals surface area contributed by atoms with Gasteiger partial charge in [-0.25, -0.2) is 0 Å². The smallest absolute Gasteiger partial charge is 0.251 e. The average Bonchev–Trinajstić information content (AvgIpc) is 2.46. The van der Waals surface area contributed by atoms with Crippen LogP contribution in [0.3, 0.4) is 0 Å². The fourth-order valence-corrected chi connectivity index (χ4v) is 2.21. The number of amides is 2. The molecule has 1 aromatic rings. The van der Waals surface area contributed by atoms with Gasteiger partial charge in [0.25, 0.3) is 5.91 Å². The van der Waals surface area contributed by atoms with E-state index in [1.807, 2.05) is 0 Å². The number of likely N-dealkylation sites (tertiary alicyclic amines) is 1. The molecule has 5 heteroatoms. The van der Waals surface area contributed by atoms with E-state index in [0.717, 1.165) is 32.3 Å². The van der Waals surface area contributed by atoms with Crippen molar-refractivity contribution in [2.24, 2.45) is 5.92 Å². The number of rotatable bonds is 4. The Bertz CT molecular complexity index is 437. The quantitative estimate of drug-likeness (QED) is 0.795. The van der Waals surface area contributed by atoms with Gasteiger partial charge in [0, 0.05) is 25.2 Å². The summed E-state index contributed by atoms with van der Waals surface area (Å²) >= 11 is 0. The van der Waals surface area contributed by atoms with Crippen molar-refractivity contribution in [1.29, 1.82) is 0 Å². The van der Waals surface area contributed by atoms with Crippen LogP contribution in [0.25, 0.3) is 0 Å². The number of aromatic hydroxyl groups is 1. The molecule has 0 atom stereocenters. The Labute approximate surface area is 112 Å². The summed E-state index contributed by atoms with van der Waals surface area (Å²) in [6.45, 7) is 2.17. The van der Waals surface area contributed by atoms with Crippen molar-refractivity contribution in [3.63, 3.8) is 0 Å². The van der Waals surface area contributed by atoms with Gasteiger partial charge >= 0.3 is 0 Å². The maximum atomic E-state index is 11.9. The van der Waals surface area contributed by atoms with E-state index < -0.39 is 0 Å². The Hall–Kier alpha value is -2.04. The maximum absolute atomic E-state index is 11.9. The Morgan fingerprint density at radius 3 is 2.53 bits per heavy atom. The highest BCUT2D eigenvalue weighted by Crippen LogP contribution is 2.15. The maximum Gasteiger partial charge on any atom is 0.251 e. The largest absolute Gasteiger partial charge is 0.508 e. The second-order valence-electron chi connectivity index (χ2n) is 4.84. The minimum Gasteiger partial charge on any atom is -0.508 e. The molecule has 5 nitrogen and oxygen atoms in total. The second-order valence-corrected chi connectivity index (χ2v) is 4.84. The summed E-state index contributed by atoms with van der Waals surface area (Å²) < 4.78 is 0.